The first-order valence-corrected chi connectivity index (χ1v) is 12.9. The van der Waals surface area contributed by atoms with Crippen LogP contribution in [-0.2, 0) is 19.1 Å². The smallest absolute Gasteiger partial charge is 0.348 e. The zero-order valence-corrected chi connectivity index (χ0v) is 21.3. The molecule has 0 unspecified atom stereocenters. The molecule has 1 aromatic heterocycles. The second-order valence-electron chi connectivity index (χ2n) is 8.96. The van der Waals surface area contributed by atoms with Crippen LogP contribution in [0.4, 0.5) is 13.2 Å². The standard InChI is InChI=1S/C29H29F3N2OS/c1-4-36-25-12-9-20(10-13-25)18-33-28(35)22-11-14-27-23(15-22)17-24(34(27)19(2)3)16-21-7-5-6-8-26(21)29(30,31)32/h5-15,17,19H,4,16,18H2,1-3H3,(H,33,35). The molecule has 1 amide bonds. The highest BCUT2D eigenvalue weighted by atomic mass is 32.2. The van der Waals surface area contributed by atoms with E-state index in [0.717, 1.165) is 34.0 Å². The molecule has 0 saturated heterocycles. The van der Waals surface area contributed by atoms with Crippen molar-refractivity contribution in [3.8, 4) is 0 Å². The summed E-state index contributed by atoms with van der Waals surface area (Å²) >= 11 is 1.77. The molecule has 36 heavy (non-hydrogen) atoms. The van der Waals surface area contributed by atoms with Crippen molar-refractivity contribution in [2.45, 2.75) is 50.9 Å². The molecular weight excluding hydrogens is 481 g/mol. The monoisotopic (exact) mass is 510 g/mol. The van der Waals surface area contributed by atoms with E-state index in [0.29, 0.717) is 12.1 Å². The summed E-state index contributed by atoms with van der Waals surface area (Å²) in [6.07, 6.45) is -4.26. The summed E-state index contributed by atoms with van der Waals surface area (Å²) in [5, 5.41) is 3.79. The number of nitrogens with one attached hydrogen (secondary N) is 1. The van der Waals surface area contributed by atoms with Gasteiger partial charge in [-0.2, -0.15) is 13.2 Å². The van der Waals surface area contributed by atoms with E-state index < -0.39 is 11.7 Å². The van der Waals surface area contributed by atoms with E-state index in [1.165, 1.54) is 17.0 Å². The molecule has 0 atom stereocenters. The summed E-state index contributed by atoms with van der Waals surface area (Å²) in [6.45, 7) is 6.53. The van der Waals surface area contributed by atoms with Crippen LogP contribution in [0.2, 0.25) is 0 Å². The van der Waals surface area contributed by atoms with E-state index in [2.05, 4.69) is 24.4 Å². The molecule has 0 radical (unpaired) electrons. The maximum atomic E-state index is 13.6. The number of carbonyl (C=O) groups excluding carboxylic acids is 1. The van der Waals surface area contributed by atoms with Crippen molar-refractivity contribution in [1.82, 2.24) is 9.88 Å². The number of amides is 1. The molecule has 0 fully saturated rings. The summed E-state index contributed by atoms with van der Waals surface area (Å²) < 4.78 is 42.7. The van der Waals surface area contributed by atoms with Gasteiger partial charge in [-0.25, -0.2) is 0 Å². The Morgan fingerprint density at radius 2 is 1.72 bits per heavy atom. The van der Waals surface area contributed by atoms with Crippen molar-refractivity contribution in [2.75, 3.05) is 5.75 Å². The summed E-state index contributed by atoms with van der Waals surface area (Å²) in [5.74, 6) is 0.818. The van der Waals surface area contributed by atoms with Crippen LogP contribution in [0.5, 0.6) is 0 Å². The van der Waals surface area contributed by atoms with Crippen LogP contribution < -0.4 is 5.32 Å². The number of carbonyl (C=O) groups is 1. The second kappa shape index (κ2) is 10.8. The molecule has 0 saturated carbocycles. The van der Waals surface area contributed by atoms with Gasteiger partial charge >= 0.3 is 6.18 Å². The van der Waals surface area contributed by atoms with Crippen LogP contribution in [0.15, 0.2) is 77.7 Å². The highest BCUT2D eigenvalue weighted by Crippen LogP contribution is 2.34. The van der Waals surface area contributed by atoms with Gasteiger partial charge in [-0.3, -0.25) is 4.79 Å². The summed E-state index contributed by atoms with van der Waals surface area (Å²) in [4.78, 5) is 14.1. The first-order chi connectivity index (χ1) is 17.2. The number of thioether (sulfide) groups is 1. The Hall–Kier alpha value is -3.19. The van der Waals surface area contributed by atoms with Crippen LogP contribution in [0.3, 0.4) is 0 Å². The Labute approximate surface area is 213 Å². The summed E-state index contributed by atoms with van der Waals surface area (Å²) in [7, 11) is 0. The van der Waals surface area contributed by atoms with Crippen molar-refractivity contribution in [3.63, 3.8) is 0 Å². The number of nitrogens with zero attached hydrogens (tertiary/aromatic N) is 1. The Kier molecular flexibility index (Phi) is 7.79. The molecule has 188 valence electrons. The number of fused-ring (bicyclic) bond motifs is 1. The van der Waals surface area contributed by atoms with Gasteiger partial charge in [0.15, 0.2) is 0 Å². The lowest BCUT2D eigenvalue weighted by molar-refractivity contribution is -0.138. The predicted molar refractivity (Wildman–Crippen MR) is 141 cm³/mol. The molecule has 1 heterocycles. The van der Waals surface area contributed by atoms with Crippen LogP contribution in [0.25, 0.3) is 10.9 Å². The van der Waals surface area contributed by atoms with Crippen molar-refractivity contribution < 1.29 is 18.0 Å². The summed E-state index contributed by atoms with van der Waals surface area (Å²) in [5.41, 5.74) is 2.82. The number of rotatable bonds is 8. The highest BCUT2D eigenvalue weighted by Gasteiger charge is 2.33. The molecular formula is C29H29F3N2OS. The number of benzene rings is 3. The molecule has 4 aromatic rings. The quantitative estimate of drug-likeness (QED) is 0.245. The van der Waals surface area contributed by atoms with E-state index in [1.54, 1.807) is 23.9 Å². The maximum absolute atomic E-state index is 13.6. The normalized spacial score (nSPS) is 11.9. The molecule has 0 aliphatic carbocycles. The average molecular weight is 511 g/mol. The SMILES string of the molecule is CCSc1ccc(CNC(=O)c2ccc3c(c2)cc(Cc2ccccc2C(F)(F)F)n3C(C)C)cc1. The zero-order valence-electron chi connectivity index (χ0n) is 20.5. The molecule has 0 bridgehead atoms. The Morgan fingerprint density at radius 3 is 2.39 bits per heavy atom. The molecule has 3 aromatic carbocycles. The van der Waals surface area contributed by atoms with E-state index in [-0.39, 0.29) is 23.9 Å². The minimum atomic E-state index is -4.41. The lowest BCUT2D eigenvalue weighted by Crippen LogP contribution is -2.22. The Bertz CT molecular complexity index is 1360. The molecule has 7 heteroatoms. The fraction of sp³-hybridized carbons (Fsp3) is 0.276. The fourth-order valence-electron chi connectivity index (χ4n) is 4.48. The lowest BCUT2D eigenvalue weighted by Gasteiger charge is -2.17. The molecule has 3 nitrogen and oxygen atoms in total. The van der Waals surface area contributed by atoms with E-state index in [9.17, 15) is 18.0 Å². The number of aromatic nitrogens is 1. The van der Waals surface area contributed by atoms with Gasteiger partial charge in [0, 0.05) is 46.1 Å². The minimum Gasteiger partial charge on any atom is -0.348 e. The predicted octanol–water partition coefficient (Wildman–Crippen LogP) is 7.87. The van der Waals surface area contributed by atoms with Crippen molar-refractivity contribution in [1.29, 1.82) is 0 Å². The molecule has 4 rings (SSSR count). The van der Waals surface area contributed by atoms with Crippen LogP contribution >= 0.6 is 11.8 Å². The first kappa shape index (κ1) is 25.9. The van der Waals surface area contributed by atoms with Gasteiger partial charge < -0.3 is 9.88 Å². The van der Waals surface area contributed by atoms with Gasteiger partial charge in [0.2, 0.25) is 0 Å². The number of alkyl halides is 3. The third-order valence-corrected chi connectivity index (χ3v) is 6.97. The van der Waals surface area contributed by atoms with E-state index in [4.69, 9.17) is 0 Å². The molecule has 1 N–H and O–H groups in total. The van der Waals surface area contributed by atoms with Crippen molar-refractivity contribution >= 4 is 28.6 Å². The van der Waals surface area contributed by atoms with Gasteiger partial charge in [-0.1, -0.05) is 37.3 Å². The lowest BCUT2D eigenvalue weighted by atomic mass is 10.0. The summed E-state index contributed by atoms with van der Waals surface area (Å²) in [6, 6.07) is 21.2. The minimum absolute atomic E-state index is 0.0454. The topological polar surface area (TPSA) is 34.0 Å². The van der Waals surface area contributed by atoms with E-state index >= 15 is 0 Å². The van der Waals surface area contributed by atoms with Gasteiger partial charge in [0.05, 0.1) is 5.56 Å². The van der Waals surface area contributed by atoms with Gasteiger partial charge in [0.25, 0.3) is 5.91 Å². The maximum Gasteiger partial charge on any atom is 0.416 e. The van der Waals surface area contributed by atoms with Crippen molar-refractivity contribution in [3.05, 3.63) is 101 Å². The van der Waals surface area contributed by atoms with E-state index in [1.807, 2.05) is 48.7 Å². The highest BCUT2D eigenvalue weighted by molar-refractivity contribution is 7.99. The number of hydrogen-bond donors (Lipinski definition) is 1. The van der Waals surface area contributed by atoms with Gasteiger partial charge in [-0.05, 0) is 73.2 Å². The first-order valence-electron chi connectivity index (χ1n) is 12.0. The van der Waals surface area contributed by atoms with Gasteiger partial charge in [-0.15, -0.1) is 11.8 Å². The third kappa shape index (κ3) is 5.78. The zero-order chi connectivity index (χ0) is 25.9. The second-order valence-corrected chi connectivity index (χ2v) is 10.3. The number of halogens is 3. The molecule has 0 aliphatic rings. The van der Waals surface area contributed by atoms with Crippen LogP contribution in [-0.4, -0.2) is 16.2 Å². The molecule has 0 spiro atoms. The Morgan fingerprint density at radius 1 is 1.00 bits per heavy atom. The fourth-order valence-corrected chi connectivity index (χ4v) is 5.14. The van der Waals surface area contributed by atoms with Gasteiger partial charge in [0.1, 0.15) is 0 Å². The van der Waals surface area contributed by atoms with Crippen LogP contribution in [0.1, 0.15) is 59.6 Å². The third-order valence-electron chi connectivity index (χ3n) is 6.08. The average Bonchev–Trinajstić information content (AvgIpc) is 3.20. The largest absolute Gasteiger partial charge is 0.416 e. The van der Waals surface area contributed by atoms with Crippen LogP contribution in [0, 0.1) is 0 Å². The number of hydrogen-bond acceptors (Lipinski definition) is 2. The molecule has 0 aliphatic heterocycles. The Balaban J connectivity index is 1.58. The van der Waals surface area contributed by atoms with Crippen molar-refractivity contribution in [2.24, 2.45) is 0 Å².